The molecule has 0 aliphatic carbocycles. The van der Waals surface area contributed by atoms with Crippen LogP contribution in [0.4, 0.5) is 5.69 Å². The lowest BCUT2D eigenvalue weighted by Crippen LogP contribution is -2.29. The summed E-state index contributed by atoms with van der Waals surface area (Å²) in [6, 6.07) is 5.88. The van der Waals surface area contributed by atoms with E-state index in [1.54, 1.807) is 20.2 Å². The van der Waals surface area contributed by atoms with Gasteiger partial charge in [-0.3, -0.25) is 0 Å². The van der Waals surface area contributed by atoms with Gasteiger partial charge in [0.1, 0.15) is 0 Å². The van der Waals surface area contributed by atoms with E-state index in [9.17, 15) is 5.11 Å². The summed E-state index contributed by atoms with van der Waals surface area (Å²) in [4.78, 5) is 7.18. The molecule has 0 spiro atoms. The van der Waals surface area contributed by atoms with Gasteiger partial charge in [0.25, 0.3) is 0 Å². The maximum absolute atomic E-state index is 9.57. The van der Waals surface area contributed by atoms with E-state index in [-0.39, 0.29) is 0 Å². The van der Waals surface area contributed by atoms with Crippen molar-refractivity contribution in [2.45, 2.75) is 19.4 Å². The summed E-state index contributed by atoms with van der Waals surface area (Å²) in [5.74, 6) is 0. The molecule has 1 aromatic heterocycles. The smallest absolute Gasteiger partial charge is 0.0931 e. The Hall–Kier alpha value is -1.55. The van der Waals surface area contributed by atoms with Gasteiger partial charge in [-0.15, -0.1) is 0 Å². The number of nitrogens with zero attached hydrogens (tertiary/aromatic N) is 1. The van der Waals surface area contributed by atoms with Gasteiger partial charge < -0.3 is 15.4 Å². The minimum Gasteiger partial charge on any atom is -0.389 e. The Bertz CT molecular complexity index is 456. The van der Waals surface area contributed by atoms with Gasteiger partial charge in [-0.2, -0.15) is 0 Å². The molecule has 2 rings (SSSR count). The average Bonchev–Trinajstić information content (AvgIpc) is 2.60. The van der Waals surface area contributed by atoms with Crippen LogP contribution in [-0.4, -0.2) is 27.2 Å². The summed E-state index contributed by atoms with van der Waals surface area (Å²) >= 11 is 0. The van der Waals surface area contributed by atoms with Crippen molar-refractivity contribution >= 4 is 16.7 Å². The third-order valence-electron chi connectivity index (χ3n) is 2.15. The normalized spacial score (nSPS) is 11.9. The van der Waals surface area contributed by atoms with Crippen molar-refractivity contribution in [3.05, 3.63) is 24.5 Å². The lowest BCUT2D eigenvalue weighted by atomic mass is 10.1. The molecule has 80 valence electrons. The van der Waals surface area contributed by atoms with E-state index < -0.39 is 5.60 Å². The SMILES string of the molecule is CC(C)(O)CNc1ccc2nc[nH]c2c1. The molecule has 0 unspecified atom stereocenters. The van der Waals surface area contributed by atoms with Crippen LogP contribution in [0.25, 0.3) is 11.0 Å². The Morgan fingerprint density at radius 1 is 1.47 bits per heavy atom. The van der Waals surface area contributed by atoms with Crippen molar-refractivity contribution in [3.63, 3.8) is 0 Å². The number of rotatable bonds is 3. The number of benzene rings is 1. The fourth-order valence-corrected chi connectivity index (χ4v) is 1.36. The Kier molecular flexibility index (Phi) is 2.36. The van der Waals surface area contributed by atoms with Crippen molar-refractivity contribution < 1.29 is 5.11 Å². The quantitative estimate of drug-likeness (QED) is 0.715. The van der Waals surface area contributed by atoms with E-state index in [2.05, 4.69) is 15.3 Å². The molecule has 0 bridgehead atoms. The number of aromatic amines is 1. The fraction of sp³-hybridized carbons (Fsp3) is 0.364. The highest BCUT2D eigenvalue weighted by atomic mass is 16.3. The molecule has 2 aromatic rings. The number of hydrogen-bond acceptors (Lipinski definition) is 3. The molecule has 0 saturated heterocycles. The first kappa shape index (κ1) is 9.98. The molecule has 0 aliphatic rings. The van der Waals surface area contributed by atoms with Gasteiger partial charge in [0, 0.05) is 12.2 Å². The molecular weight excluding hydrogens is 190 g/mol. The molecule has 4 nitrogen and oxygen atoms in total. The molecule has 1 aromatic carbocycles. The van der Waals surface area contributed by atoms with Gasteiger partial charge in [-0.05, 0) is 32.0 Å². The zero-order chi connectivity index (χ0) is 10.9. The molecule has 0 fully saturated rings. The number of fused-ring (bicyclic) bond motifs is 1. The van der Waals surface area contributed by atoms with Crippen LogP contribution in [0.2, 0.25) is 0 Å². The molecule has 15 heavy (non-hydrogen) atoms. The fourth-order valence-electron chi connectivity index (χ4n) is 1.36. The summed E-state index contributed by atoms with van der Waals surface area (Å²) in [5.41, 5.74) is 2.22. The predicted molar refractivity (Wildman–Crippen MR) is 60.9 cm³/mol. The summed E-state index contributed by atoms with van der Waals surface area (Å²) in [5, 5.41) is 12.7. The zero-order valence-electron chi connectivity index (χ0n) is 8.91. The predicted octanol–water partition coefficient (Wildman–Crippen LogP) is 1.75. The monoisotopic (exact) mass is 205 g/mol. The van der Waals surface area contributed by atoms with Crippen molar-refractivity contribution in [2.24, 2.45) is 0 Å². The zero-order valence-corrected chi connectivity index (χ0v) is 8.91. The molecule has 0 amide bonds. The molecule has 4 heteroatoms. The van der Waals surface area contributed by atoms with Crippen LogP contribution in [-0.2, 0) is 0 Å². The third-order valence-corrected chi connectivity index (χ3v) is 2.15. The van der Waals surface area contributed by atoms with E-state index in [4.69, 9.17) is 0 Å². The number of H-pyrrole nitrogens is 1. The molecule has 0 aliphatic heterocycles. The third kappa shape index (κ3) is 2.47. The summed E-state index contributed by atoms with van der Waals surface area (Å²) in [6.45, 7) is 4.07. The molecule has 0 radical (unpaired) electrons. The first-order valence-electron chi connectivity index (χ1n) is 4.94. The number of anilines is 1. The van der Waals surface area contributed by atoms with Crippen molar-refractivity contribution in [2.75, 3.05) is 11.9 Å². The lowest BCUT2D eigenvalue weighted by molar-refractivity contribution is 0.0945. The van der Waals surface area contributed by atoms with Gasteiger partial charge in [0.15, 0.2) is 0 Å². The van der Waals surface area contributed by atoms with E-state index in [1.165, 1.54) is 0 Å². The second kappa shape index (κ2) is 3.55. The highest BCUT2D eigenvalue weighted by molar-refractivity contribution is 5.78. The van der Waals surface area contributed by atoms with Crippen molar-refractivity contribution in [1.29, 1.82) is 0 Å². The molecule has 0 atom stereocenters. The second-order valence-corrected chi connectivity index (χ2v) is 4.30. The highest BCUT2D eigenvalue weighted by Crippen LogP contribution is 2.16. The van der Waals surface area contributed by atoms with Gasteiger partial charge in [0.2, 0.25) is 0 Å². The number of imidazole rings is 1. The Morgan fingerprint density at radius 3 is 3.00 bits per heavy atom. The summed E-state index contributed by atoms with van der Waals surface area (Å²) < 4.78 is 0. The van der Waals surface area contributed by atoms with Crippen LogP contribution in [0.15, 0.2) is 24.5 Å². The first-order valence-corrected chi connectivity index (χ1v) is 4.94. The largest absolute Gasteiger partial charge is 0.389 e. The lowest BCUT2D eigenvalue weighted by Gasteiger charge is -2.18. The van der Waals surface area contributed by atoms with Crippen LogP contribution < -0.4 is 5.32 Å². The summed E-state index contributed by atoms with van der Waals surface area (Å²) in [6.07, 6.45) is 1.67. The molecule has 3 N–H and O–H groups in total. The minimum absolute atomic E-state index is 0.520. The van der Waals surface area contributed by atoms with E-state index in [0.717, 1.165) is 16.7 Å². The minimum atomic E-state index is -0.705. The Labute approximate surface area is 88.3 Å². The molecular formula is C11H15N3O. The second-order valence-electron chi connectivity index (χ2n) is 4.30. The average molecular weight is 205 g/mol. The van der Waals surface area contributed by atoms with Gasteiger partial charge >= 0.3 is 0 Å². The van der Waals surface area contributed by atoms with Gasteiger partial charge in [-0.25, -0.2) is 4.98 Å². The molecule has 0 saturated carbocycles. The van der Waals surface area contributed by atoms with Crippen LogP contribution >= 0.6 is 0 Å². The number of hydrogen-bond donors (Lipinski definition) is 3. The maximum atomic E-state index is 9.57. The molecule has 1 heterocycles. The van der Waals surface area contributed by atoms with Crippen LogP contribution in [0.1, 0.15) is 13.8 Å². The van der Waals surface area contributed by atoms with E-state index >= 15 is 0 Å². The number of aliphatic hydroxyl groups is 1. The van der Waals surface area contributed by atoms with Gasteiger partial charge in [-0.1, -0.05) is 0 Å². The van der Waals surface area contributed by atoms with Crippen LogP contribution in [0, 0.1) is 0 Å². The topological polar surface area (TPSA) is 60.9 Å². The van der Waals surface area contributed by atoms with E-state index in [1.807, 2.05) is 18.2 Å². The van der Waals surface area contributed by atoms with Crippen molar-refractivity contribution in [3.8, 4) is 0 Å². The highest BCUT2D eigenvalue weighted by Gasteiger charge is 2.11. The Balaban J connectivity index is 2.15. The van der Waals surface area contributed by atoms with Crippen LogP contribution in [0.5, 0.6) is 0 Å². The van der Waals surface area contributed by atoms with Crippen molar-refractivity contribution in [1.82, 2.24) is 9.97 Å². The first-order chi connectivity index (χ1) is 7.04. The Morgan fingerprint density at radius 2 is 2.27 bits per heavy atom. The summed E-state index contributed by atoms with van der Waals surface area (Å²) in [7, 11) is 0. The number of aromatic nitrogens is 2. The maximum Gasteiger partial charge on any atom is 0.0931 e. The number of nitrogens with one attached hydrogen (secondary N) is 2. The van der Waals surface area contributed by atoms with Gasteiger partial charge in [0.05, 0.1) is 23.0 Å². The van der Waals surface area contributed by atoms with E-state index in [0.29, 0.717) is 6.54 Å². The van der Waals surface area contributed by atoms with Crippen LogP contribution in [0.3, 0.4) is 0 Å². The standard InChI is InChI=1S/C11H15N3O/c1-11(2,15)6-12-8-3-4-9-10(5-8)14-7-13-9/h3-5,7,12,15H,6H2,1-2H3,(H,13,14).